The van der Waals surface area contributed by atoms with Crippen LogP contribution in [0.4, 0.5) is 11.4 Å². The molecule has 2 aromatic heterocycles. The number of aromatic nitrogens is 2. The molecule has 0 amide bonds. The molecule has 3 fully saturated rings. The second-order valence-corrected chi connectivity index (χ2v) is 10.5. The van der Waals surface area contributed by atoms with Crippen LogP contribution >= 0.6 is 0 Å². The highest BCUT2D eigenvalue weighted by molar-refractivity contribution is 5.95. The van der Waals surface area contributed by atoms with E-state index in [1.807, 2.05) is 25.1 Å². The van der Waals surface area contributed by atoms with Crippen molar-refractivity contribution in [2.45, 2.75) is 44.6 Å². The molecule has 0 bridgehead atoms. The van der Waals surface area contributed by atoms with Gasteiger partial charge < -0.3 is 19.6 Å². The fourth-order valence-corrected chi connectivity index (χ4v) is 6.30. The largest absolute Gasteiger partial charge is 0.390 e. The van der Waals surface area contributed by atoms with Crippen LogP contribution in [-0.2, 0) is 11.3 Å². The quantitative estimate of drug-likeness (QED) is 0.592. The summed E-state index contributed by atoms with van der Waals surface area (Å²) in [6, 6.07) is 14.4. The summed E-state index contributed by atoms with van der Waals surface area (Å²) in [6.07, 6.45) is 3.18. The molecule has 0 radical (unpaired) electrons. The molecule has 3 aromatic rings. The van der Waals surface area contributed by atoms with E-state index in [1.165, 1.54) is 12.1 Å². The average Bonchev–Trinajstić information content (AvgIpc) is 2.83. The molecule has 8 heteroatoms. The standard InChI is InChI=1S/C28H32N6O2/c1-19-10-23(11-22(16-35)31-19)34-9-7-28(34)17-32(18-28)14-24-15-33(13-20(2)36-24)26-6-5-21(12-29)27-25(26)4-3-8-30-27/h3-6,8,10-11,20,24,35H,7,9,13-18H2,1-2H3/t20-,24+/m1/s1. The topological polar surface area (TPSA) is 88.8 Å². The zero-order chi connectivity index (χ0) is 24.9. The first-order valence-electron chi connectivity index (χ1n) is 12.7. The Hall–Kier alpha value is -3.25. The number of benzene rings is 1. The second kappa shape index (κ2) is 9.00. The summed E-state index contributed by atoms with van der Waals surface area (Å²) in [5.74, 6) is 0. The molecule has 0 aliphatic carbocycles. The summed E-state index contributed by atoms with van der Waals surface area (Å²) < 4.78 is 6.38. The molecule has 0 saturated carbocycles. The first-order valence-corrected chi connectivity index (χ1v) is 12.7. The highest BCUT2D eigenvalue weighted by atomic mass is 16.5. The average molecular weight is 485 g/mol. The fourth-order valence-electron chi connectivity index (χ4n) is 6.30. The minimum atomic E-state index is -0.0278. The van der Waals surface area contributed by atoms with Crippen molar-refractivity contribution < 1.29 is 9.84 Å². The van der Waals surface area contributed by atoms with Crippen LogP contribution in [-0.4, -0.2) is 77.0 Å². The van der Waals surface area contributed by atoms with Crippen LogP contribution in [0.1, 0.15) is 30.3 Å². The number of anilines is 2. The van der Waals surface area contributed by atoms with Crippen molar-refractivity contribution in [3.05, 3.63) is 59.5 Å². The van der Waals surface area contributed by atoms with Gasteiger partial charge in [-0.15, -0.1) is 0 Å². The number of hydrogen-bond acceptors (Lipinski definition) is 8. The summed E-state index contributed by atoms with van der Waals surface area (Å²) in [5.41, 5.74) is 5.54. The maximum absolute atomic E-state index is 9.57. The number of aliphatic hydroxyl groups excluding tert-OH is 1. The highest BCUT2D eigenvalue weighted by Crippen LogP contribution is 2.43. The Labute approximate surface area is 211 Å². The van der Waals surface area contributed by atoms with E-state index in [4.69, 9.17) is 4.74 Å². The Kier molecular flexibility index (Phi) is 5.79. The molecule has 1 spiro atoms. The number of pyridine rings is 2. The fraction of sp³-hybridized carbons (Fsp3) is 0.464. The molecule has 3 aliphatic heterocycles. The van der Waals surface area contributed by atoms with Gasteiger partial charge in [-0.05, 0) is 56.7 Å². The van der Waals surface area contributed by atoms with E-state index in [1.54, 1.807) is 6.20 Å². The monoisotopic (exact) mass is 484 g/mol. The summed E-state index contributed by atoms with van der Waals surface area (Å²) in [7, 11) is 0. The van der Waals surface area contributed by atoms with Gasteiger partial charge in [0.05, 0.1) is 41.1 Å². The molecule has 0 unspecified atom stereocenters. The van der Waals surface area contributed by atoms with Gasteiger partial charge in [-0.3, -0.25) is 14.9 Å². The molecule has 3 saturated heterocycles. The lowest BCUT2D eigenvalue weighted by Gasteiger charge is -2.64. The number of nitriles is 1. The third kappa shape index (κ3) is 3.97. The number of morpholine rings is 1. The minimum Gasteiger partial charge on any atom is -0.390 e. The van der Waals surface area contributed by atoms with Crippen LogP contribution in [0.3, 0.4) is 0 Å². The molecular formula is C28H32N6O2. The van der Waals surface area contributed by atoms with Crippen molar-refractivity contribution >= 4 is 22.3 Å². The normalized spacial score (nSPS) is 23.4. The predicted octanol–water partition coefficient (Wildman–Crippen LogP) is 2.86. The van der Waals surface area contributed by atoms with Gasteiger partial charge in [0.2, 0.25) is 0 Å². The van der Waals surface area contributed by atoms with Crippen LogP contribution in [0, 0.1) is 18.3 Å². The van der Waals surface area contributed by atoms with Gasteiger partial charge in [0.15, 0.2) is 0 Å². The lowest BCUT2D eigenvalue weighted by molar-refractivity contribution is -0.0632. The third-order valence-corrected chi connectivity index (χ3v) is 7.87. The maximum Gasteiger partial charge on any atom is 0.101 e. The molecular weight excluding hydrogens is 452 g/mol. The van der Waals surface area contributed by atoms with Crippen molar-refractivity contribution in [2.75, 3.05) is 49.1 Å². The molecule has 3 aliphatic rings. The first-order chi connectivity index (χ1) is 17.5. The molecule has 2 atom stereocenters. The zero-order valence-electron chi connectivity index (χ0n) is 20.9. The molecule has 186 valence electrons. The van der Waals surface area contributed by atoms with Gasteiger partial charge in [-0.1, -0.05) is 0 Å². The van der Waals surface area contributed by atoms with Crippen LogP contribution in [0.15, 0.2) is 42.6 Å². The summed E-state index contributed by atoms with van der Waals surface area (Å²) >= 11 is 0. The van der Waals surface area contributed by atoms with Crippen molar-refractivity contribution in [2.24, 2.45) is 0 Å². The molecule has 1 aromatic carbocycles. The lowest BCUT2D eigenvalue weighted by Crippen LogP contribution is -2.78. The van der Waals surface area contributed by atoms with E-state index in [-0.39, 0.29) is 24.4 Å². The zero-order valence-corrected chi connectivity index (χ0v) is 20.9. The number of aryl methyl sites for hydroxylation is 1. The van der Waals surface area contributed by atoms with E-state index in [2.05, 4.69) is 55.9 Å². The Balaban J connectivity index is 1.14. The van der Waals surface area contributed by atoms with Crippen LogP contribution in [0.2, 0.25) is 0 Å². The molecule has 6 rings (SSSR count). The number of hydrogen-bond donors (Lipinski definition) is 1. The van der Waals surface area contributed by atoms with Crippen molar-refractivity contribution in [3.8, 4) is 6.07 Å². The van der Waals surface area contributed by atoms with Gasteiger partial charge in [0.25, 0.3) is 0 Å². The Morgan fingerprint density at radius 1 is 1.22 bits per heavy atom. The van der Waals surface area contributed by atoms with E-state index in [0.29, 0.717) is 5.56 Å². The van der Waals surface area contributed by atoms with Gasteiger partial charge in [-0.2, -0.15) is 5.26 Å². The predicted molar refractivity (Wildman–Crippen MR) is 139 cm³/mol. The van der Waals surface area contributed by atoms with Gasteiger partial charge in [-0.25, -0.2) is 0 Å². The number of likely N-dealkylation sites (tertiary alicyclic amines) is 1. The number of nitrogens with zero attached hydrogens (tertiary/aromatic N) is 6. The molecule has 36 heavy (non-hydrogen) atoms. The van der Waals surface area contributed by atoms with Crippen LogP contribution < -0.4 is 9.80 Å². The SMILES string of the molecule is Cc1cc(N2CCC23CN(C[C@H]2CN(c4ccc(C#N)c5ncccc45)C[C@@H](C)O2)C3)cc(CO)n1. The van der Waals surface area contributed by atoms with Crippen molar-refractivity contribution in [3.63, 3.8) is 0 Å². The van der Waals surface area contributed by atoms with E-state index >= 15 is 0 Å². The first kappa shape index (κ1) is 23.2. The summed E-state index contributed by atoms with van der Waals surface area (Å²) in [6.45, 7) is 9.74. The smallest absolute Gasteiger partial charge is 0.101 e. The minimum absolute atomic E-state index is 0.0278. The Morgan fingerprint density at radius 2 is 2.08 bits per heavy atom. The number of ether oxygens (including phenoxy) is 1. The maximum atomic E-state index is 9.57. The van der Waals surface area contributed by atoms with Crippen molar-refractivity contribution in [1.29, 1.82) is 5.26 Å². The summed E-state index contributed by atoms with van der Waals surface area (Å²) in [5, 5.41) is 20.1. The molecule has 8 nitrogen and oxygen atoms in total. The van der Waals surface area contributed by atoms with Crippen LogP contribution in [0.5, 0.6) is 0 Å². The lowest BCUT2D eigenvalue weighted by atomic mass is 9.76. The van der Waals surface area contributed by atoms with Gasteiger partial charge >= 0.3 is 0 Å². The van der Waals surface area contributed by atoms with Crippen LogP contribution in [0.25, 0.3) is 10.9 Å². The third-order valence-electron chi connectivity index (χ3n) is 7.87. The van der Waals surface area contributed by atoms with E-state index < -0.39 is 0 Å². The number of rotatable bonds is 5. The van der Waals surface area contributed by atoms with E-state index in [0.717, 1.165) is 67.2 Å². The highest BCUT2D eigenvalue weighted by Gasteiger charge is 2.53. The second-order valence-electron chi connectivity index (χ2n) is 10.5. The molecule has 5 heterocycles. The Bertz CT molecular complexity index is 1330. The van der Waals surface area contributed by atoms with Crippen molar-refractivity contribution in [1.82, 2.24) is 14.9 Å². The Morgan fingerprint density at radius 3 is 2.83 bits per heavy atom. The number of fused-ring (bicyclic) bond motifs is 1. The van der Waals surface area contributed by atoms with Gasteiger partial charge in [0, 0.05) is 67.9 Å². The van der Waals surface area contributed by atoms with E-state index in [9.17, 15) is 10.4 Å². The number of aliphatic hydroxyl groups is 1. The van der Waals surface area contributed by atoms with Gasteiger partial charge in [0.1, 0.15) is 6.07 Å². The summed E-state index contributed by atoms with van der Waals surface area (Å²) in [4.78, 5) is 16.3. The molecule has 1 N–H and O–H groups in total.